The van der Waals surface area contributed by atoms with Crippen molar-refractivity contribution in [3.05, 3.63) is 0 Å². The highest BCUT2D eigenvalue weighted by Crippen LogP contribution is 2.15. The van der Waals surface area contributed by atoms with Crippen molar-refractivity contribution >= 4 is 20.2 Å². The Bertz CT molecular complexity index is 394. The van der Waals surface area contributed by atoms with Crippen molar-refractivity contribution in [2.75, 3.05) is 12.4 Å². The zero-order valence-corrected chi connectivity index (χ0v) is 9.47. The van der Waals surface area contributed by atoms with Crippen molar-refractivity contribution in [2.45, 2.75) is 25.2 Å². The monoisotopic (exact) mass is 244 g/mol. The predicted molar refractivity (Wildman–Crippen MR) is 48.7 cm³/mol. The minimum Gasteiger partial charge on any atom is -0.267 e. The molecular weight excluding hydrogens is 232 g/mol. The Hall–Kier alpha value is -0.180. The quantitative estimate of drug-likeness (QED) is 0.532. The summed E-state index contributed by atoms with van der Waals surface area (Å²) in [6.07, 6.45) is -0.780. The SMILES string of the molecule is CC1COS(=O)(=O)CC(C)S(=O)(=O)O1. The summed E-state index contributed by atoms with van der Waals surface area (Å²) in [5.41, 5.74) is 0. The third-order valence-electron chi connectivity index (χ3n) is 1.71. The second kappa shape index (κ2) is 3.76. The second-order valence-electron chi connectivity index (χ2n) is 3.22. The molecule has 0 N–H and O–H groups in total. The minimum absolute atomic E-state index is 0.270. The standard InChI is InChI=1S/C6H12O6S2/c1-5-3-11-13(7,8)4-6(2)14(9,10)12-5/h5-6H,3-4H2,1-2H3. The summed E-state index contributed by atoms with van der Waals surface area (Å²) in [6.45, 7) is 2.44. The average molecular weight is 244 g/mol. The van der Waals surface area contributed by atoms with Crippen LogP contribution in [0.25, 0.3) is 0 Å². The van der Waals surface area contributed by atoms with E-state index in [0.29, 0.717) is 0 Å². The lowest BCUT2D eigenvalue weighted by atomic mass is 10.5. The summed E-state index contributed by atoms with van der Waals surface area (Å²) >= 11 is 0. The van der Waals surface area contributed by atoms with Gasteiger partial charge in [-0.1, -0.05) is 0 Å². The normalized spacial score (nSPS) is 37.0. The lowest BCUT2D eigenvalue weighted by Gasteiger charge is -2.20. The first-order chi connectivity index (χ1) is 6.23. The fourth-order valence-electron chi connectivity index (χ4n) is 0.970. The molecule has 1 heterocycles. The Morgan fingerprint density at radius 3 is 2.29 bits per heavy atom. The van der Waals surface area contributed by atoms with Crippen LogP contribution >= 0.6 is 0 Å². The van der Waals surface area contributed by atoms with E-state index in [2.05, 4.69) is 8.37 Å². The van der Waals surface area contributed by atoms with Gasteiger partial charge in [0.2, 0.25) is 0 Å². The van der Waals surface area contributed by atoms with Crippen molar-refractivity contribution in [3.63, 3.8) is 0 Å². The molecule has 2 unspecified atom stereocenters. The summed E-state index contributed by atoms with van der Waals surface area (Å²) < 4.78 is 54.1. The van der Waals surface area contributed by atoms with Gasteiger partial charge in [-0.2, -0.15) is 16.8 Å². The Kier molecular flexibility index (Phi) is 3.20. The summed E-state index contributed by atoms with van der Waals surface area (Å²) in [6, 6.07) is 0. The van der Waals surface area contributed by atoms with E-state index >= 15 is 0 Å². The molecule has 2 atom stereocenters. The van der Waals surface area contributed by atoms with Gasteiger partial charge in [0.25, 0.3) is 20.2 Å². The molecule has 0 aromatic carbocycles. The van der Waals surface area contributed by atoms with Gasteiger partial charge in [0.05, 0.1) is 18.5 Å². The molecule has 1 aliphatic heterocycles. The molecule has 0 saturated carbocycles. The third-order valence-corrected chi connectivity index (χ3v) is 5.08. The zero-order chi connectivity index (χ0) is 11.0. The number of hydrogen-bond acceptors (Lipinski definition) is 6. The number of hydrogen-bond donors (Lipinski definition) is 0. The lowest BCUT2D eigenvalue weighted by Crippen LogP contribution is -2.36. The molecule has 14 heavy (non-hydrogen) atoms. The maximum Gasteiger partial charge on any atom is 0.271 e. The molecule has 0 radical (unpaired) electrons. The largest absolute Gasteiger partial charge is 0.271 e. The summed E-state index contributed by atoms with van der Waals surface area (Å²) in [4.78, 5) is 0. The van der Waals surface area contributed by atoms with Crippen molar-refractivity contribution in [1.29, 1.82) is 0 Å². The highest BCUT2D eigenvalue weighted by molar-refractivity contribution is 7.91. The molecule has 1 aliphatic rings. The fraction of sp³-hybridized carbons (Fsp3) is 1.00. The van der Waals surface area contributed by atoms with Crippen molar-refractivity contribution in [3.8, 4) is 0 Å². The Balaban J connectivity index is 2.99. The van der Waals surface area contributed by atoms with Crippen LogP contribution in [-0.2, 0) is 28.6 Å². The van der Waals surface area contributed by atoms with Crippen LogP contribution in [0.3, 0.4) is 0 Å². The predicted octanol–water partition coefficient (Wildman–Crippen LogP) is -0.530. The van der Waals surface area contributed by atoms with Crippen molar-refractivity contribution in [2.24, 2.45) is 0 Å². The third kappa shape index (κ3) is 2.91. The fourth-order valence-corrected chi connectivity index (χ4v) is 3.91. The van der Waals surface area contributed by atoms with Crippen LogP contribution in [0.1, 0.15) is 13.8 Å². The Labute approximate surface area is 83.5 Å². The van der Waals surface area contributed by atoms with E-state index < -0.39 is 37.3 Å². The van der Waals surface area contributed by atoms with Gasteiger partial charge in [0.1, 0.15) is 5.25 Å². The zero-order valence-electron chi connectivity index (χ0n) is 7.83. The molecule has 84 valence electrons. The smallest absolute Gasteiger partial charge is 0.267 e. The van der Waals surface area contributed by atoms with Crippen LogP contribution in [0.2, 0.25) is 0 Å². The van der Waals surface area contributed by atoms with Gasteiger partial charge < -0.3 is 0 Å². The van der Waals surface area contributed by atoms with E-state index in [-0.39, 0.29) is 6.61 Å². The highest BCUT2D eigenvalue weighted by Gasteiger charge is 2.33. The van der Waals surface area contributed by atoms with E-state index in [9.17, 15) is 16.8 Å². The topological polar surface area (TPSA) is 86.7 Å². The first-order valence-electron chi connectivity index (χ1n) is 4.02. The van der Waals surface area contributed by atoms with E-state index in [4.69, 9.17) is 0 Å². The lowest BCUT2D eigenvalue weighted by molar-refractivity contribution is 0.146. The van der Waals surface area contributed by atoms with E-state index in [1.165, 1.54) is 13.8 Å². The Morgan fingerprint density at radius 2 is 1.71 bits per heavy atom. The average Bonchev–Trinajstić information content (AvgIpc) is 1.98. The van der Waals surface area contributed by atoms with Gasteiger partial charge in [-0.25, -0.2) is 0 Å². The van der Waals surface area contributed by atoms with Crippen molar-refractivity contribution in [1.82, 2.24) is 0 Å². The van der Waals surface area contributed by atoms with E-state index in [0.717, 1.165) is 0 Å². The molecule has 8 heteroatoms. The second-order valence-corrected chi connectivity index (χ2v) is 6.89. The molecular formula is C6H12O6S2. The van der Waals surface area contributed by atoms with Crippen molar-refractivity contribution < 1.29 is 25.2 Å². The van der Waals surface area contributed by atoms with Gasteiger partial charge in [0, 0.05) is 0 Å². The number of rotatable bonds is 0. The Morgan fingerprint density at radius 1 is 1.14 bits per heavy atom. The molecule has 0 aromatic rings. The molecule has 0 spiro atoms. The van der Waals surface area contributed by atoms with Crippen LogP contribution in [0.15, 0.2) is 0 Å². The first kappa shape index (κ1) is 11.9. The molecule has 1 rings (SSSR count). The van der Waals surface area contributed by atoms with Gasteiger partial charge in [-0.15, -0.1) is 0 Å². The molecule has 1 fully saturated rings. The van der Waals surface area contributed by atoms with Crippen LogP contribution < -0.4 is 0 Å². The van der Waals surface area contributed by atoms with Gasteiger partial charge in [-0.05, 0) is 13.8 Å². The molecule has 1 saturated heterocycles. The maximum absolute atomic E-state index is 11.3. The van der Waals surface area contributed by atoms with Gasteiger partial charge >= 0.3 is 0 Å². The van der Waals surface area contributed by atoms with Crippen LogP contribution in [0.5, 0.6) is 0 Å². The summed E-state index contributed by atoms with van der Waals surface area (Å²) in [5.74, 6) is -0.567. The van der Waals surface area contributed by atoms with E-state index in [1.807, 2.05) is 0 Å². The minimum atomic E-state index is -3.80. The molecule has 0 aromatic heterocycles. The highest BCUT2D eigenvalue weighted by atomic mass is 32.2. The van der Waals surface area contributed by atoms with E-state index in [1.54, 1.807) is 0 Å². The summed E-state index contributed by atoms with van der Waals surface area (Å²) in [7, 11) is -7.56. The van der Waals surface area contributed by atoms with Crippen LogP contribution in [0.4, 0.5) is 0 Å². The first-order valence-corrected chi connectivity index (χ1v) is 7.07. The summed E-state index contributed by atoms with van der Waals surface area (Å²) in [5, 5.41) is -1.10. The van der Waals surface area contributed by atoms with Gasteiger partial charge in [-0.3, -0.25) is 8.37 Å². The maximum atomic E-state index is 11.3. The molecule has 0 bridgehead atoms. The van der Waals surface area contributed by atoms with Crippen LogP contribution in [0, 0.1) is 0 Å². The molecule has 6 nitrogen and oxygen atoms in total. The van der Waals surface area contributed by atoms with Crippen LogP contribution in [-0.4, -0.2) is 40.5 Å². The molecule has 0 aliphatic carbocycles. The van der Waals surface area contributed by atoms with Gasteiger partial charge in [0.15, 0.2) is 0 Å². The molecule has 0 amide bonds.